The molecule has 156 valence electrons. The van der Waals surface area contributed by atoms with Crippen molar-refractivity contribution in [3.05, 3.63) is 41.6 Å². The number of nitrogens with zero attached hydrogens (tertiary/aromatic N) is 3. The Morgan fingerprint density at radius 1 is 1.24 bits per heavy atom. The average molecular weight is 399 g/mol. The highest BCUT2D eigenvalue weighted by atomic mass is 16.5. The number of benzene rings is 1. The fourth-order valence-corrected chi connectivity index (χ4v) is 4.41. The van der Waals surface area contributed by atoms with Crippen molar-refractivity contribution in [1.82, 2.24) is 15.1 Å². The first-order valence-electron chi connectivity index (χ1n) is 10.5. The van der Waals surface area contributed by atoms with Gasteiger partial charge in [0, 0.05) is 43.2 Å². The number of likely N-dealkylation sites (tertiary alicyclic amines) is 1. The van der Waals surface area contributed by atoms with Crippen LogP contribution in [-0.2, 0) is 4.74 Å². The number of aromatic nitrogens is 2. The lowest BCUT2D eigenvalue weighted by atomic mass is 9.72. The van der Waals surface area contributed by atoms with Crippen LogP contribution >= 0.6 is 0 Å². The molecule has 1 aromatic carbocycles. The second kappa shape index (κ2) is 8.14. The van der Waals surface area contributed by atoms with Crippen molar-refractivity contribution in [3.63, 3.8) is 0 Å². The van der Waals surface area contributed by atoms with Gasteiger partial charge in [0.05, 0.1) is 12.5 Å². The fraction of sp³-hybridized carbons (Fsp3) is 0.591. The summed E-state index contributed by atoms with van der Waals surface area (Å²) in [6.07, 6.45) is 1.79. The van der Waals surface area contributed by atoms with Gasteiger partial charge >= 0.3 is 0 Å². The molecule has 0 saturated carbocycles. The van der Waals surface area contributed by atoms with Gasteiger partial charge in [0.1, 0.15) is 5.75 Å². The van der Waals surface area contributed by atoms with Crippen molar-refractivity contribution < 1.29 is 18.7 Å². The SMILES string of the molecule is CCOc1ccc(C(=O)N2CC(c3nnc(C(C)C)o3)C3(CCOCC3)C2)cc1. The molecule has 0 aliphatic carbocycles. The Bertz CT molecular complexity index is 840. The van der Waals surface area contributed by atoms with Crippen LogP contribution in [0.1, 0.15) is 67.6 Å². The van der Waals surface area contributed by atoms with E-state index in [4.69, 9.17) is 13.9 Å². The number of carbonyl (C=O) groups is 1. The first kappa shape index (κ1) is 19.9. The van der Waals surface area contributed by atoms with Gasteiger partial charge in [-0.15, -0.1) is 10.2 Å². The van der Waals surface area contributed by atoms with Gasteiger partial charge in [0.15, 0.2) is 0 Å². The van der Waals surface area contributed by atoms with E-state index in [1.165, 1.54) is 0 Å². The maximum Gasteiger partial charge on any atom is 0.253 e. The van der Waals surface area contributed by atoms with Gasteiger partial charge in [0.25, 0.3) is 5.91 Å². The lowest BCUT2D eigenvalue weighted by Crippen LogP contribution is -2.37. The molecule has 2 saturated heterocycles. The summed E-state index contributed by atoms with van der Waals surface area (Å²) < 4.78 is 17.1. The van der Waals surface area contributed by atoms with Crippen LogP contribution in [0.25, 0.3) is 0 Å². The van der Waals surface area contributed by atoms with Gasteiger partial charge in [-0.25, -0.2) is 0 Å². The smallest absolute Gasteiger partial charge is 0.253 e. The van der Waals surface area contributed by atoms with Gasteiger partial charge in [-0.05, 0) is 44.0 Å². The van der Waals surface area contributed by atoms with E-state index in [1.54, 1.807) is 0 Å². The topological polar surface area (TPSA) is 77.7 Å². The minimum absolute atomic E-state index is 0.0324. The summed E-state index contributed by atoms with van der Waals surface area (Å²) in [6, 6.07) is 7.37. The Morgan fingerprint density at radius 3 is 2.59 bits per heavy atom. The molecule has 1 unspecified atom stereocenters. The van der Waals surface area contributed by atoms with Gasteiger partial charge in [-0.1, -0.05) is 13.8 Å². The largest absolute Gasteiger partial charge is 0.494 e. The van der Waals surface area contributed by atoms with Crippen molar-refractivity contribution in [2.75, 3.05) is 32.9 Å². The summed E-state index contributed by atoms with van der Waals surface area (Å²) in [5.74, 6) is 2.33. The molecule has 4 rings (SSSR count). The summed E-state index contributed by atoms with van der Waals surface area (Å²) in [5.41, 5.74) is 0.602. The second-order valence-electron chi connectivity index (χ2n) is 8.30. The van der Waals surface area contributed by atoms with E-state index in [0.717, 1.165) is 18.6 Å². The lowest BCUT2D eigenvalue weighted by molar-refractivity contribution is 0.00888. The summed E-state index contributed by atoms with van der Waals surface area (Å²) in [4.78, 5) is 15.2. The zero-order valence-electron chi connectivity index (χ0n) is 17.4. The number of amides is 1. The van der Waals surface area contributed by atoms with Crippen LogP contribution in [0.4, 0.5) is 0 Å². The third-order valence-corrected chi connectivity index (χ3v) is 6.08. The molecular formula is C22H29N3O4. The van der Waals surface area contributed by atoms with Crippen molar-refractivity contribution >= 4 is 5.91 Å². The molecule has 2 aromatic rings. The van der Waals surface area contributed by atoms with Crippen molar-refractivity contribution in [3.8, 4) is 5.75 Å². The van der Waals surface area contributed by atoms with Crippen molar-refractivity contribution in [2.45, 2.75) is 45.4 Å². The Morgan fingerprint density at radius 2 is 1.97 bits per heavy atom. The molecule has 2 aliphatic heterocycles. The maximum atomic E-state index is 13.2. The summed E-state index contributed by atoms with van der Waals surface area (Å²) in [5, 5.41) is 8.58. The molecule has 2 fully saturated rings. The normalized spacial score (nSPS) is 21.1. The summed E-state index contributed by atoms with van der Waals surface area (Å²) in [6.45, 7) is 9.31. The molecule has 0 N–H and O–H groups in total. The second-order valence-corrected chi connectivity index (χ2v) is 8.30. The van der Waals surface area contributed by atoms with E-state index >= 15 is 0 Å². The molecule has 2 aliphatic rings. The molecule has 1 atom stereocenters. The van der Waals surface area contributed by atoms with Gasteiger partial charge in [0.2, 0.25) is 11.8 Å². The lowest BCUT2D eigenvalue weighted by Gasteiger charge is -2.36. The third kappa shape index (κ3) is 3.88. The van der Waals surface area contributed by atoms with Crippen LogP contribution in [-0.4, -0.2) is 53.9 Å². The Balaban J connectivity index is 1.58. The van der Waals surface area contributed by atoms with Crippen LogP contribution in [0.2, 0.25) is 0 Å². The third-order valence-electron chi connectivity index (χ3n) is 6.08. The predicted octanol–water partition coefficient (Wildman–Crippen LogP) is 3.63. The zero-order chi connectivity index (χ0) is 20.4. The molecule has 1 aromatic heterocycles. The average Bonchev–Trinajstić information content (AvgIpc) is 3.34. The molecule has 3 heterocycles. The van der Waals surface area contributed by atoms with E-state index in [-0.39, 0.29) is 23.2 Å². The molecule has 7 nitrogen and oxygen atoms in total. The van der Waals surface area contributed by atoms with Gasteiger partial charge in [-0.2, -0.15) is 0 Å². The van der Waals surface area contributed by atoms with E-state index in [2.05, 4.69) is 10.2 Å². The van der Waals surface area contributed by atoms with Gasteiger partial charge < -0.3 is 18.8 Å². The van der Waals surface area contributed by atoms with Crippen LogP contribution in [0.5, 0.6) is 5.75 Å². The van der Waals surface area contributed by atoms with Crippen molar-refractivity contribution in [1.29, 1.82) is 0 Å². The molecule has 7 heteroatoms. The highest BCUT2D eigenvalue weighted by Crippen LogP contribution is 2.49. The van der Waals surface area contributed by atoms with Crippen LogP contribution < -0.4 is 4.74 Å². The first-order chi connectivity index (χ1) is 14.0. The monoisotopic (exact) mass is 399 g/mol. The minimum Gasteiger partial charge on any atom is -0.494 e. The minimum atomic E-state index is -0.0695. The Hall–Kier alpha value is -2.41. The first-order valence-corrected chi connectivity index (χ1v) is 10.5. The van der Waals surface area contributed by atoms with Gasteiger partial charge in [-0.3, -0.25) is 4.79 Å². The predicted molar refractivity (Wildman–Crippen MR) is 107 cm³/mol. The number of carbonyl (C=O) groups excluding carboxylic acids is 1. The molecule has 0 bridgehead atoms. The molecule has 0 radical (unpaired) electrons. The number of ether oxygens (including phenoxy) is 2. The molecular weight excluding hydrogens is 370 g/mol. The highest BCUT2D eigenvalue weighted by molar-refractivity contribution is 5.94. The number of rotatable bonds is 5. The Kier molecular flexibility index (Phi) is 5.58. The molecule has 1 spiro atoms. The quantitative estimate of drug-likeness (QED) is 0.764. The van der Waals surface area contributed by atoms with Crippen LogP contribution in [0.3, 0.4) is 0 Å². The zero-order valence-corrected chi connectivity index (χ0v) is 17.4. The molecule has 1 amide bonds. The summed E-state index contributed by atoms with van der Waals surface area (Å²) >= 11 is 0. The van der Waals surface area contributed by atoms with E-state index in [9.17, 15) is 4.79 Å². The Labute approximate surface area is 171 Å². The van der Waals surface area contributed by atoms with E-state index < -0.39 is 0 Å². The van der Waals surface area contributed by atoms with E-state index in [1.807, 2.05) is 49.9 Å². The van der Waals surface area contributed by atoms with Crippen molar-refractivity contribution in [2.24, 2.45) is 5.41 Å². The van der Waals surface area contributed by atoms with E-state index in [0.29, 0.717) is 50.3 Å². The van der Waals surface area contributed by atoms with Crippen LogP contribution in [0.15, 0.2) is 28.7 Å². The molecule has 29 heavy (non-hydrogen) atoms. The maximum absolute atomic E-state index is 13.2. The van der Waals surface area contributed by atoms with Crippen LogP contribution in [0, 0.1) is 5.41 Å². The number of hydrogen-bond donors (Lipinski definition) is 0. The number of hydrogen-bond acceptors (Lipinski definition) is 6. The standard InChI is InChI=1S/C22H29N3O4/c1-4-28-17-7-5-16(6-8-17)21(26)25-13-18(20-24-23-19(29-20)15(2)3)22(14-25)9-11-27-12-10-22/h5-8,15,18H,4,9-14H2,1-3H3. The fourth-order valence-electron chi connectivity index (χ4n) is 4.41. The summed E-state index contributed by atoms with van der Waals surface area (Å²) in [7, 11) is 0. The highest BCUT2D eigenvalue weighted by Gasteiger charge is 2.51.